The number of amides is 1. The highest BCUT2D eigenvalue weighted by Crippen LogP contribution is 2.29. The molecule has 1 saturated heterocycles. The molecule has 1 aromatic heterocycles. The molecule has 4 rings (SSSR count). The number of oxazole rings is 1. The van der Waals surface area contributed by atoms with Gasteiger partial charge in [-0.2, -0.15) is 0 Å². The first-order valence-electron chi connectivity index (χ1n) is 7.68. The molecule has 6 nitrogen and oxygen atoms in total. The van der Waals surface area contributed by atoms with Gasteiger partial charge in [-0.05, 0) is 36.8 Å². The summed E-state index contributed by atoms with van der Waals surface area (Å²) in [6.07, 6.45) is 0.395. The summed E-state index contributed by atoms with van der Waals surface area (Å²) in [6.45, 7) is 0.207. The molecule has 0 aliphatic carbocycles. The van der Waals surface area contributed by atoms with Gasteiger partial charge in [0, 0.05) is 12.2 Å². The van der Waals surface area contributed by atoms with Crippen LogP contribution >= 0.6 is 0 Å². The van der Waals surface area contributed by atoms with Crippen molar-refractivity contribution in [3.8, 4) is 0 Å². The van der Waals surface area contributed by atoms with Crippen LogP contribution in [0.25, 0.3) is 11.1 Å². The van der Waals surface area contributed by atoms with Gasteiger partial charge in [0.2, 0.25) is 5.91 Å². The minimum atomic E-state index is -0.772. The molecule has 2 heterocycles. The monoisotopic (exact) mass is 345 g/mol. The van der Waals surface area contributed by atoms with Crippen molar-refractivity contribution < 1.29 is 18.0 Å². The highest BCUT2D eigenvalue weighted by Gasteiger charge is 2.35. The van der Waals surface area contributed by atoms with E-state index in [0.717, 1.165) is 17.0 Å². The molecule has 0 spiro atoms. The largest absolute Gasteiger partial charge is 0.417 e. The first-order chi connectivity index (χ1) is 12.0. The van der Waals surface area contributed by atoms with Crippen LogP contribution in [0, 0.1) is 11.6 Å². The quantitative estimate of drug-likeness (QED) is 0.765. The molecule has 2 N–H and O–H groups in total. The zero-order valence-electron chi connectivity index (χ0n) is 12.9. The lowest BCUT2D eigenvalue weighted by atomic mass is 10.2. The highest BCUT2D eigenvalue weighted by molar-refractivity contribution is 6.01. The molecule has 128 valence electrons. The van der Waals surface area contributed by atoms with Crippen LogP contribution in [-0.4, -0.2) is 23.5 Å². The van der Waals surface area contributed by atoms with Gasteiger partial charge < -0.3 is 14.6 Å². The fourth-order valence-electron chi connectivity index (χ4n) is 3.03. The molecule has 8 heteroatoms. The van der Waals surface area contributed by atoms with E-state index >= 15 is 0 Å². The summed E-state index contributed by atoms with van der Waals surface area (Å²) in [5.41, 5.74) is 1.17. The number of nitrogens with zero attached hydrogens (tertiary/aromatic N) is 1. The number of carbonyl (C=O) groups is 1. The van der Waals surface area contributed by atoms with E-state index in [1.165, 1.54) is 6.07 Å². The Morgan fingerprint density at radius 3 is 2.68 bits per heavy atom. The van der Waals surface area contributed by atoms with E-state index in [-0.39, 0.29) is 12.2 Å². The number of aromatic amines is 1. The molecular formula is C17H13F2N3O3. The Bertz CT molecular complexity index is 1010. The van der Waals surface area contributed by atoms with Crippen molar-refractivity contribution in [2.24, 2.45) is 0 Å². The van der Waals surface area contributed by atoms with Crippen molar-refractivity contribution in [3.05, 3.63) is 58.6 Å². The molecule has 25 heavy (non-hydrogen) atoms. The van der Waals surface area contributed by atoms with E-state index in [2.05, 4.69) is 10.3 Å². The number of hydrogen-bond donors (Lipinski definition) is 2. The Labute approximate surface area is 140 Å². The van der Waals surface area contributed by atoms with Crippen LogP contribution in [-0.2, 0) is 4.79 Å². The van der Waals surface area contributed by atoms with Gasteiger partial charge in [-0.15, -0.1) is 0 Å². The van der Waals surface area contributed by atoms with Crippen LogP contribution in [0.5, 0.6) is 0 Å². The molecule has 1 aliphatic heterocycles. The maximum Gasteiger partial charge on any atom is 0.417 e. The summed E-state index contributed by atoms with van der Waals surface area (Å²) in [4.78, 5) is 27.4. The van der Waals surface area contributed by atoms with Crippen molar-refractivity contribution in [1.29, 1.82) is 0 Å². The van der Waals surface area contributed by atoms with Gasteiger partial charge in [0.25, 0.3) is 0 Å². The molecule has 0 unspecified atom stereocenters. The van der Waals surface area contributed by atoms with Crippen LogP contribution in [0.3, 0.4) is 0 Å². The van der Waals surface area contributed by atoms with Gasteiger partial charge in [-0.1, -0.05) is 6.07 Å². The number of halogens is 2. The molecule has 0 bridgehead atoms. The van der Waals surface area contributed by atoms with Crippen LogP contribution in [0.2, 0.25) is 0 Å². The lowest BCUT2D eigenvalue weighted by Gasteiger charge is -2.19. The number of para-hydroxylation sites is 1. The first-order valence-corrected chi connectivity index (χ1v) is 7.68. The fraction of sp³-hybridized carbons (Fsp3) is 0.176. The second-order valence-corrected chi connectivity index (χ2v) is 5.77. The van der Waals surface area contributed by atoms with Crippen molar-refractivity contribution in [1.82, 2.24) is 4.98 Å². The van der Waals surface area contributed by atoms with Crippen LogP contribution < -0.4 is 16.0 Å². The van der Waals surface area contributed by atoms with Crippen LogP contribution in [0.4, 0.5) is 20.2 Å². The molecule has 0 saturated carbocycles. The Balaban J connectivity index is 1.58. The van der Waals surface area contributed by atoms with Gasteiger partial charge in [0.15, 0.2) is 5.58 Å². The molecule has 3 aromatic rings. The molecular weight excluding hydrogens is 332 g/mol. The molecule has 1 aliphatic rings. The summed E-state index contributed by atoms with van der Waals surface area (Å²) >= 11 is 0. The minimum Gasteiger partial charge on any atom is -0.408 e. The Hall–Kier alpha value is -3.16. The maximum atomic E-state index is 13.9. The van der Waals surface area contributed by atoms with E-state index in [1.54, 1.807) is 18.2 Å². The topological polar surface area (TPSA) is 78.3 Å². The lowest BCUT2D eigenvalue weighted by molar-refractivity contribution is -0.117. The van der Waals surface area contributed by atoms with Gasteiger partial charge in [0.1, 0.15) is 23.4 Å². The average molecular weight is 345 g/mol. The lowest BCUT2D eigenvalue weighted by Crippen LogP contribution is -2.34. The number of nitrogens with one attached hydrogen (secondary N) is 2. The Morgan fingerprint density at radius 2 is 1.92 bits per heavy atom. The smallest absolute Gasteiger partial charge is 0.408 e. The van der Waals surface area contributed by atoms with Gasteiger partial charge in [-0.3, -0.25) is 9.78 Å². The number of rotatable bonds is 3. The molecule has 1 atom stereocenters. The zero-order valence-corrected chi connectivity index (χ0v) is 12.9. The highest BCUT2D eigenvalue weighted by atomic mass is 19.1. The van der Waals surface area contributed by atoms with Crippen molar-refractivity contribution in [3.63, 3.8) is 0 Å². The van der Waals surface area contributed by atoms with E-state index in [0.29, 0.717) is 23.2 Å². The van der Waals surface area contributed by atoms with Crippen molar-refractivity contribution >= 4 is 28.4 Å². The van der Waals surface area contributed by atoms with E-state index in [4.69, 9.17) is 4.42 Å². The molecule has 1 amide bonds. The number of H-pyrrole nitrogens is 1. The van der Waals surface area contributed by atoms with E-state index in [1.807, 2.05) is 0 Å². The van der Waals surface area contributed by atoms with Crippen molar-refractivity contribution in [2.75, 3.05) is 16.8 Å². The maximum absolute atomic E-state index is 13.9. The van der Waals surface area contributed by atoms with Crippen LogP contribution in [0.15, 0.2) is 45.6 Å². The number of fused-ring (bicyclic) bond motifs is 1. The number of hydrogen-bond acceptors (Lipinski definition) is 4. The second kappa shape index (κ2) is 5.73. The molecule has 2 aromatic carbocycles. The van der Waals surface area contributed by atoms with Gasteiger partial charge in [0.05, 0.1) is 5.52 Å². The number of carbonyl (C=O) groups excluding carboxylic acids is 1. The minimum absolute atomic E-state index is 0.207. The SMILES string of the molecule is O=C1[C@@H](Nc2ccc3oc(=O)[nH]c3c2)CCN1c1c(F)cccc1F. The van der Waals surface area contributed by atoms with Crippen LogP contribution in [0.1, 0.15) is 6.42 Å². The summed E-state index contributed by atoms with van der Waals surface area (Å²) in [7, 11) is 0. The third kappa shape index (κ3) is 2.65. The molecule has 0 radical (unpaired) electrons. The standard InChI is InChI=1S/C17H13F2N3O3/c18-10-2-1-3-11(19)15(10)22-7-6-12(16(22)23)20-9-4-5-14-13(8-9)21-17(24)25-14/h1-5,8,12,20H,6-7H2,(H,21,24)/t12-/m0/s1. The van der Waals surface area contributed by atoms with Gasteiger partial charge >= 0.3 is 5.76 Å². The number of anilines is 2. The summed E-state index contributed by atoms with van der Waals surface area (Å²) < 4.78 is 32.7. The second-order valence-electron chi connectivity index (χ2n) is 5.77. The first kappa shape index (κ1) is 15.4. The summed E-state index contributed by atoms with van der Waals surface area (Å²) in [5, 5.41) is 3.03. The van der Waals surface area contributed by atoms with E-state index < -0.39 is 29.3 Å². The zero-order chi connectivity index (χ0) is 17.6. The number of aromatic nitrogens is 1. The predicted octanol–water partition coefficient (Wildman–Crippen LogP) is 2.62. The normalized spacial score (nSPS) is 17.4. The Kier molecular flexibility index (Phi) is 3.52. The van der Waals surface area contributed by atoms with E-state index in [9.17, 15) is 18.4 Å². The Morgan fingerprint density at radius 1 is 1.16 bits per heavy atom. The fourth-order valence-corrected chi connectivity index (χ4v) is 3.03. The molecule has 1 fully saturated rings. The third-order valence-electron chi connectivity index (χ3n) is 4.17. The van der Waals surface area contributed by atoms with Gasteiger partial charge in [-0.25, -0.2) is 13.6 Å². The third-order valence-corrected chi connectivity index (χ3v) is 4.17. The summed E-state index contributed by atoms with van der Waals surface area (Å²) in [5.74, 6) is -2.52. The number of benzene rings is 2. The van der Waals surface area contributed by atoms with Crippen molar-refractivity contribution in [2.45, 2.75) is 12.5 Å². The predicted molar refractivity (Wildman–Crippen MR) is 87.6 cm³/mol. The average Bonchev–Trinajstić information content (AvgIpc) is 3.10. The summed E-state index contributed by atoms with van der Waals surface area (Å²) in [6, 6.07) is 7.79.